The van der Waals surface area contributed by atoms with Crippen molar-refractivity contribution in [3.8, 4) is 0 Å². The molecule has 0 spiro atoms. The van der Waals surface area contributed by atoms with E-state index in [1.807, 2.05) is 17.6 Å². The number of amides is 2. The molecule has 0 saturated carbocycles. The van der Waals surface area contributed by atoms with Gasteiger partial charge in [-0.2, -0.15) is 0 Å². The SMILES string of the molecule is Cc1cc(C(=O)OCC(=O)NNC(=O)c2ccccc2F)c(C)n1Cc1ccco1. The first-order valence-corrected chi connectivity index (χ1v) is 9.06. The summed E-state index contributed by atoms with van der Waals surface area (Å²) >= 11 is 0. The molecule has 0 aliphatic carbocycles. The van der Waals surface area contributed by atoms with Crippen molar-refractivity contribution in [2.24, 2.45) is 0 Å². The van der Waals surface area contributed by atoms with E-state index in [9.17, 15) is 18.8 Å². The van der Waals surface area contributed by atoms with Crippen LogP contribution in [0.2, 0.25) is 0 Å². The van der Waals surface area contributed by atoms with Gasteiger partial charge in [-0.25, -0.2) is 9.18 Å². The van der Waals surface area contributed by atoms with Crippen molar-refractivity contribution in [1.82, 2.24) is 15.4 Å². The van der Waals surface area contributed by atoms with E-state index in [0.717, 1.165) is 17.5 Å². The number of esters is 1. The quantitative estimate of drug-likeness (QED) is 0.478. The molecule has 1 aromatic carbocycles. The van der Waals surface area contributed by atoms with Gasteiger partial charge in [-0.1, -0.05) is 12.1 Å². The van der Waals surface area contributed by atoms with Crippen LogP contribution in [0.3, 0.4) is 0 Å². The van der Waals surface area contributed by atoms with Gasteiger partial charge in [-0.3, -0.25) is 20.4 Å². The predicted molar refractivity (Wildman–Crippen MR) is 104 cm³/mol. The van der Waals surface area contributed by atoms with Crippen LogP contribution in [0, 0.1) is 19.7 Å². The lowest BCUT2D eigenvalue weighted by molar-refractivity contribution is -0.125. The first-order chi connectivity index (χ1) is 14.4. The van der Waals surface area contributed by atoms with E-state index in [4.69, 9.17) is 9.15 Å². The van der Waals surface area contributed by atoms with Crippen molar-refractivity contribution in [2.75, 3.05) is 6.61 Å². The number of carbonyl (C=O) groups excluding carboxylic acids is 3. The van der Waals surface area contributed by atoms with Gasteiger partial charge in [-0.15, -0.1) is 0 Å². The zero-order chi connectivity index (χ0) is 21.7. The molecular weight excluding hydrogens is 393 g/mol. The van der Waals surface area contributed by atoms with Crippen molar-refractivity contribution in [3.05, 3.63) is 82.8 Å². The Morgan fingerprint density at radius 2 is 1.83 bits per heavy atom. The number of hydrazine groups is 1. The first-order valence-electron chi connectivity index (χ1n) is 9.06. The van der Waals surface area contributed by atoms with E-state index in [0.29, 0.717) is 17.8 Å². The molecule has 3 aromatic rings. The summed E-state index contributed by atoms with van der Waals surface area (Å²) in [5.41, 5.74) is 5.74. The molecule has 0 atom stereocenters. The molecule has 8 nitrogen and oxygen atoms in total. The minimum absolute atomic E-state index is 0.223. The average Bonchev–Trinajstić information content (AvgIpc) is 3.34. The number of furan rings is 1. The highest BCUT2D eigenvalue weighted by molar-refractivity contribution is 5.96. The van der Waals surface area contributed by atoms with Crippen molar-refractivity contribution in [1.29, 1.82) is 0 Å². The molecule has 0 radical (unpaired) electrons. The maximum Gasteiger partial charge on any atom is 0.340 e. The fraction of sp³-hybridized carbons (Fsp3) is 0.190. The summed E-state index contributed by atoms with van der Waals surface area (Å²) in [6, 6.07) is 10.6. The summed E-state index contributed by atoms with van der Waals surface area (Å²) in [4.78, 5) is 36.1. The number of halogens is 1. The fourth-order valence-electron chi connectivity index (χ4n) is 2.89. The zero-order valence-electron chi connectivity index (χ0n) is 16.4. The fourth-order valence-corrected chi connectivity index (χ4v) is 2.89. The number of nitrogens with zero attached hydrogens (tertiary/aromatic N) is 1. The molecule has 0 bridgehead atoms. The van der Waals surface area contributed by atoms with Crippen LogP contribution >= 0.6 is 0 Å². The second-order valence-electron chi connectivity index (χ2n) is 6.51. The number of benzene rings is 1. The van der Waals surface area contributed by atoms with E-state index >= 15 is 0 Å². The number of hydrogen-bond donors (Lipinski definition) is 2. The van der Waals surface area contributed by atoms with Crippen molar-refractivity contribution >= 4 is 17.8 Å². The van der Waals surface area contributed by atoms with Crippen molar-refractivity contribution in [2.45, 2.75) is 20.4 Å². The number of rotatable bonds is 6. The molecular formula is C21H20FN3O5. The summed E-state index contributed by atoms with van der Waals surface area (Å²) in [6.07, 6.45) is 1.57. The van der Waals surface area contributed by atoms with Crippen LogP contribution in [0.4, 0.5) is 4.39 Å². The van der Waals surface area contributed by atoms with Crippen LogP contribution in [-0.2, 0) is 16.1 Å². The second-order valence-corrected chi connectivity index (χ2v) is 6.51. The minimum atomic E-state index is -0.825. The van der Waals surface area contributed by atoms with Crippen molar-refractivity contribution < 1.29 is 27.9 Å². The number of hydrogen-bond acceptors (Lipinski definition) is 5. The van der Waals surface area contributed by atoms with Gasteiger partial charge in [0.05, 0.1) is 23.9 Å². The van der Waals surface area contributed by atoms with E-state index in [1.165, 1.54) is 18.2 Å². The zero-order valence-corrected chi connectivity index (χ0v) is 16.4. The van der Waals surface area contributed by atoms with E-state index < -0.39 is 30.2 Å². The maximum absolute atomic E-state index is 13.5. The van der Waals surface area contributed by atoms with Gasteiger partial charge in [0, 0.05) is 11.4 Å². The molecule has 0 fully saturated rings. The molecule has 0 aliphatic rings. The number of ether oxygens (including phenoxy) is 1. The topological polar surface area (TPSA) is 103 Å². The summed E-state index contributed by atoms with van der Waals surface area (Å²) < 4.78 is 25.8. The van der Waals surface area contributed by atoms with Gasteiger partial charge < -0.3 is 13.7 Å². The normalized spacial score (nSPS) is 10.5. The first kappa shape index (κ1) is 20.8. The highest BCUT2D eigenvalue weighted by atomic mass is 19.1. The number of nitrogens with one attached hydrogen (secondary N) is 2. The molecule has 2 amide bonds. The lowest BCUT2D eigenvalue weighted by atomic mass is 10.2. The molecule has 156 valence electrons. The monoisotopic (exact) mass is 413 g/mol. The third-order valence-electron chi connectivity index (χ3n) is 4.46. The third kappa shape index (κ3) is 4.75. The van der Waals surface area contributed by atoms with Gasteiger partial charge >= 0.3 is 5.97 Å². The lowest BCUT2D eigenvalue weighted by Gasteiger charge is -2.09. The van der Waals surface area contributed by atoms with Gasteiger partial charge in [0.1, 0.15) is 11.6 Å². The minimum Gasteiger partial charge on any atom is -0.467 e. The number of aromatic nitrogens is 1. The summed E-state index contributed by atoms with van der Waals surface area (Å²) in [7, 11) is 0. The Morgan fingerprint density at radius 1 is 1.07 bits per heavy atom. The van der Waals surface area contributed by atoms with Crippen LogP contribution in [0.1, 0.15) is 37.9 Å². The number of aryl methyl sites for hydroxylation is 1. The van der Waals surface area contributed by atoms with E-state index in [-0.39, 0.29) is 5.56 Å². The van der Waals surface area contributed by atoms with Crippen LogP contribution in [0.15, 0.2) is 53.1 Å². The molecule has 0 aliphatic heterocycles. The molecule has 30 heavy (non-hydrogen) atoms. The van der Waals surface area contributed by atoms with E-state index in [2.05, 4.69) is 10.9 Å². The highest BCUT2D eigenvalue weighted by Crippen LogP contribution is 2.18. The molecule has 3 rings (SSSR count). The molecule has 2 aromatic heterocycles. The van der Waals surface area contributed by atoms with Crippen LogP contribution < -0.4 is 10.9 Å². The molecule has 2 N–H and O–H groups in total. The standard InChI is InChI=1S/C21H20FN3O5/c1-13-10-17(14(2)25(13)11-15-6-5-9-29-15)21(28)30-12-19(26)23-24-20(27)16-7-3-4-8-18(16)22/h3-10H,11-12H2,1-2H3,(H,23,26)(H,24,27). The van der Waals surface area contributed by atoms with Crippen molar-refractivity contribution in [3.63, 3.8) is 0 Å². The Morgan fingerprint density at radius 3 is 2.53 bits per heavy atom. The molecule has 0 saturated heterocycles. The molecule has 2 heterocycles. The summed E-state index contributed by atoms with van der Waals surface area (Å²) in [6.45, 7) is 3.46. The largest absolute Gasteiger partial charge is 0.467 e. The summed E-state index contributed by atoms with van der Waals surface area (Å²) in [5.74, 6) is -2.25. The lowest BCUT2D eigenvalue weighted by Crippen LogP contribution is -2.43. The van der Waals surface area contributed by atoms with Gasteiger partial charge in [0.2, 0.25) is 0 Å². The highest BCUT2D eigenvalue weighted by Gasteiger charge is 2.19. The Balaban J connectivity index is 1.53. The summed E-state index contributed by atoms with van der Waals surface area (Å²) in [5, 5.41) is 0. The van der Waals surface area contributed by atoms with E-state index in [1.54, 1.807) is 25.3 Å². The Bertz CT molecular complexity index is 1070. The van der Waals surface area contributed by atoms with Gasteiger partial charge in [0.25, 0.3) is 11.8 Å². The Hall–Kier alpha value is -3.88. The van der Waals surface area contributed by atoms with Crippen LogP contribution in [0.5, 0.6) is 0 Å². The predicted octanol–water partition coefficient (Wildman–Crippen LogP) is 2.50. The Labute approximate surface area is 171 Å². The molecule has 9 heteroatoms. The maximum atomic E-state index is 13.5. The van der Waals surface area contributed by atoms with Gasteiger partial charge in [0.15, 0.2) is 6.61 Å². The average molecular weight is 413 g/mol. The third-order valence-corrected chi connectivity index (χ3v) is 4.46. The van der Waals surface area contributed by atoms with Crippen LogP contribution in [0.25, 0.3) is 0 Å². The number of carbonyl (C=O) groups is 3. The second kappa shape index (κ2) is 9.08. The Kier molecular flexibility index (Phi) is 6.31. The van der Waals surface area contributed by atoms with Crippen LogP contribution in [-0.4, -0.2) is 29.0 Å². The smallest absolute Gasteiger partial charge is 0.340 e. The van der Waals surface area contributed by atoms with Gasteiger partial charge in [-0.05, 0) is 44.2 Å². The molecule has 0 unspecified atom stereocenters.